The molecule has 1 nitrogen and oxygen atoms in total. The first-order valence-electron chi connectivity index (χ1n) is 5.47. The Bertz CT molecular complexity index is 574. The average molecular weight is 276 g/mol. The summed E-state index contributed by atoms with van der Waals surface area (Å²) in [5.41, 5.74) is 1.79. The third kappa shape index (κ3) is 3.46. The monoisotopic (exact) mass is 275 g/mol. The molecule has 0 aromatic heterocycles. The van der Waals surface area contributed by atoms with Gasteiger partial charge in [0.2, 0.25) is 0 Å². The SMILES string of the molecule is Clc1cccc(N=CC=Cc2ccccc2)c1Cl. The summed E-state index contributed by atoms with van der Waals surface area (Å²) in [5, 5.41) is 0.988. The normalized spacial score (nSPS) is 11.4. The van der Waals surface area contributed by atoms with E-state index in [0.29, 0.717) is 15.7 Å². The Labute approximate surface area is 116 Å². The van der Waals surface area contributed by atoms with Gasteiger partial charge in [0, 0.05) is 6.21 Å². The molecule has 3 heteroatoms. The number of nitrogens with zero attached hydrogens (tertiary/aromatic N) is 1. The van der Waals surface area contributed by atoms with E-state index in [2.05, 4.69) is 4.99 Å². The van der Waals surface area contributed by atoms with Crippen LogP contribution in [0.4, 0.5) is 5.69 Å². The second kappa shape index (κ2) is 6.39. The maximum atomic E-state index is 6.02. The van der Waals surface area contributed by atoms with Crippen LogP contribution < -0.4 is 0 Å². The Kier molecular flexibility index (Phi) is 4.57. The predicted molar refractivity (Wildman–Crippen MR) is 80.1 cm³/mol. The summed E-state index contributed by atoms with van der Waals surface area (Å²) in [6.07, 6.45) is 5.54. The molecule has 0 N–H and O–H groups in total. The van der Waals surface area contributed by atoms with Crippen LogP contribution in [0.25, 0.3) is 6.08 Å². The molecule has 0 saturated carbocycles. The molecule has 0 aliphatic carbocycles. The van der Waals surface area contributed by atoms with Gasteiger partial charge >= 0.3 is 0 Å². The van der Waals surface area contributed by atoms with E-state index in [1.807, 2.05) is 54.6 Å². The van der Waals surface area contributed by atoms with Crippen molar-refractivity contribution in [2.45, 2.75) is 0 Å². The van der Waals surface area contributed by atoms with Gasteiger partial charge in [0.1, 0.15) is 0 Å². The molecule has 2 aromatic rings. The fraction of sp³-hybridized carbons (Fsp3) is 0. The van der Waals surface area contributed by atoms with E-state index >= 15 is 0 Å². The van der Waals surface area contributed by atoms with Crippen LogP contribution in [0.2, 0.25) is 10.0 Å². The lowest BCUT2D eigenvalue weighted by Crippen LogP contribution is -1.72. The number of benzene rings is 2. The highest BCUT2D eigenvalue weighted by atomic mass is 35.5. The topological polar surface area (TPSA) is 12.4 Å². The minimum atomic E-state index is 0.475. The highest BCUT2D eigenvalue weighted by Crippen LogP contribution is 2.31. The summed E-state index contributed by atoms with van der Waals surface area (Å²) < 4.78 is 0. The van der Waals surface area contributed by atoms with Crippen LogP contribution in [0.1, 0.15) is 5.56 Å². The fourth-order valence-corrected chi connectivity index (χ4v) is 1.78. The second-order valence-electron chi connectivity index (χ2n) is 3.62. The predicted octanol–water partition coefficient (Wildman–Crippen LogP) is 5.41. The number of halogens is 2. The number of hydrogen-bond donors (Lipinski definition) is 0. The van der Waals surface area contributed by atoms with Gasteiger partial charge in [0.25, 0.3) is 0 Å². The quantitative estimate of drug-likeness (QED) is 0.665. The highest BCUT2D eigenvalue weighted by molar-refractivity contribution is 6.43. The van der Waals surface area contributed by atoms with Gasteiger partial charge in [0.05, 0.1) is 15.7 Å². The first-order chi connectivity index (χ1) is 8.77. The molecule has 0 atom stereocenters. The lowest BCUT2D eigenvalue weighted by Gasteiger charge is -1.98. The molecule has 18 heavy (non-hydrogen) atoms. The molecule has 0 heterocycles. The van der Waals surface area contributed by atoms with E-state index < -0.39 is 0 Å². The molecule has 0 radical (unpaired) electrons. The maximum absolute atomic E-state index is 6.02. The van der Waals surface area contributed by atoms with E-state index in [0.717, 1.165) is 5.56 Å². The first kappa shape index (κ1) is 12.9. The molecule has 0 aliphatic rings. The van der Waals surface area contributed by atoms with Crippen molar-refractivity contribution in [1.29, 1.82) is 0 Å². The first-order valence-corrected chi connectivity index (χ1v) is 6.23. The molecule has 0 spiro atoms. The molecular weight excluding hydrogens is 265 g/mol. The third-order valence-electron chi connectivity index (χ3n) is 2.32. The van der Waals surface area contributed by atoms with Crippen molar-refractivity contribution in [3.8, 4) is 0 Å². The molecule has 0 fully saturated rings. The van der Waals surface area contributed by atoms with Gasteiger partial charge in [-0.05, 0) is 23.8 Å². The molecule has 0 bridgehead atoms. The summed E-state index contributed by atoms with van der Waals surface area (Å²) in [6, 6.07) is 15.4. The number of aliphatic imine (C=N–C) groups is 1. The number of hydrogen-bond acceptors (Lipinski definition) is 1. The van der Waals surface area contributed by atoms with Crippen molar-refractivity contribution in [3.63, 3.8) is 0 Å². The molecule has 90 valence electrons. The smallest absolute Gasteiger partial charge is 0.0848 e. The number of allylic oxidation sites excluding steroid dienone is 1. The van der Waals surface area contributed by atoms with Crippen molar-refractivity contribution in [3.05, 3.63) is 70.2 Å². The number of rotatable bonds is 3. The zero-order chi connectivity index (χ0) is 12.8. The van der Waals surface area contributed by atoms with Gasteiger partial charge in [-0.3, -0.25) is 4.99 Å². The fourth-order valence-electron chi connectivity index (χ4n) is 1.43. The van der Waals surface area contributed by atoms with Crippen molar-refractivity contribution in [2.75, 3.05) is 0 Å². The maximum Gasteiger partial charge on any atom is 0.0848 e. The van der Waals surface area contributed by atoms with E-state index in [-0.39, 0.29) is 0 Å². The molecular formula is C15H11Cl2N. The molecule has 2 rings (SSSR count). The third-order valence-corrected chi connectivity index (χ3v) is 3.13. The summed E-state index contributed by atoms with van der Waals surface area (Å²) in [5.74, 6) is 0. The van der Waals surface area contributed by atoms with E-state index in [1.54, 1.807) is 12.3 Å². The highest BCUT2D eigenvalue weighted by Gasteiger charge is 2.00. The van der Waals surface area contributed by atoms with E-state index in [1.165, 1.54) is 0 Å². The molecule has 0 amide bonds. The van der Waals surface area contributed by atoms with Crippen molar-refractivity contribution < 1.29 is 0 Å². The molecule has 0 saturated heterocycles. The molecule has 0 unspecified atom stereocenters. The minimum absolute atomic E-state index is 0.475. The van der Waals surface area contributed by atoms with Gasteiger partial charge < -0.3 is 0 Å². The van der Waals surface area contributed by atoms with Crippen LogP contribution in [0, 0.1) is 0 Å². The van der Waals surface area contributed by atoms with Crippen molar-refractivity contribution in [1.82, 2.24) is 0 Å². The summed E-state index contributed by atoms with van der Waals surface area (Å²) in [4.78, 5) is 4.25. The van der Waals surface area contributed by atoms with E-state index in [4.69, 9.17) is 23.2 Å². The second-order valence-corrected chi connectivity index (χ2v) is 4.41. The van der Waals surface area contributed by atoms with Crippen molar-refractivity contribution >= 4 is 41.2 Å². The van der Waals surface area contributed by atoms with Gasteiger partial charge in [-0.2, -0.15) is 0 Å². The Balaban J connectivity index is 2.08. The van der Waals surface area contributed by atoms with Gasteiger partial charge in [0.15, 0.2) is 0 Å². The van der Waals surface area contributed by atoms with Crippen LogP contribution in [-0.2, 0) is 0 Å². The van der Waals surface area contributed by atoms with Crippen molar-refractivity contribution in [2.24, 2.45) is 4.99 Å². The Hall–Kier alpha value is -1.57. The Morgan fingerprint density at radius 3 is 2.44 bits per heavy atom. The van der Waals surface area contributed by atoms with Gasteiger partial charge in [-0.1, -0.05) is 65.7 Å². The van der Waals surface area contributed by atoms with E-state index in [9.17, 15) is 0 Å². The van der Waals surface area contributed by atoms with Crippen LogP contribution in [-0.4, -0.2) is 6.21 Å². The summed E-state index contributed by atoms with van der Waals surface area (Å²) in [7, 11) is 0. The average Bonchev–Trinajstić information content (AvgIpc) is 2.40. The standard InChI is InChI=1S/C15H11Cl2N/c16-13-9-4-10-14(15(13)17)18-11-5-8-12-6-2-1-3-7-12/h1-11H. The molecule has 2 aromatic carbocycles. The lowest BCUT2D eigenvalue weighted by molar-refractivity contribution is 1.54. The largest absolute Gasteiger partial charge is 0.255 e. The van der Waals surface area contributed by atoms with Crippen LogP contribution >= 0.6 is 23.2 Å². The summed E-state index contributed by atoms with van der Waals surface area (Å²) in [6.45, 7) is 0. The lowest BCUT2D eigenvalue weighted by atomic mass is 10.2. The van der Waals surface area contributed by atoms with Gasteiger partial charge in [-0.25, -0.2) is 0 Å². The van der Waals surface area contributed by atoms with Crippen LogP contribution in [0.15, 0.2) is 59.6 Å². The zero-order valence-electron chi connectivity index (χ0n) is 9.55. The Morgan fingerprint density at radius 2 is 1.67 bits per heavy atom. The zero-order valence-corrected chi connectivity index (χ0v) is 11.1. The van der Waals surface area contributed by atoms with Crippen LogP contribution in [0.5, 0.6) is 0 Å². The van der Waals surface area contributed by atoms with Crippen LogP contribution in [0.3, 0.4) is 0 Å². The Morgan fingerprint density at radius 1 is 0.889 bits per heavy atom. The molecule has 0 aliphatic heterocycles. The van der Waals surface area contributed by atoms with Gasteiger partial charge in [-0.15, -0.1) is 0 Å². The minimum Gasteiger partial charge on any atom is -0.255 e. The summed E-state index contributed by atoms with van der Waals surface area (Å²) >= 11 is 11.9.